The van der Waals surface area contributed by atoms with Crippen molar-refractivity contribution < 1.29 is 13.7 Å². The van der Waals surface area contributed by atoms with Crippen LogP contribution < -0.4 is 5.32 Å². The molecule has 0 saturated heterocycles. The van der Waals surface area contributed by atoms with E-state index in [-0.39, 0.29) is 11.7 Å². The number of nitrogens with zero attached hydrogens (tertiary/aromatic N) is 4. The van der Waals surface area contributed by atoms with Gasteiger partial charge in [-0.15, -0.1) is 21.5 Å². The molecule has 0 aliphatic heterocycles. The number of anilines is 1. The second-order valence-electron chi connectivity index (χ2n) is 6.72. The SMILES string of the molecule is Cc1noc2nc(-c3cccs3)cc(C(=O)Nc3nnc(SCc4ccc(F)cc4)s3)c12. The maximum absolute atomic E-state index is 13.1. The number of thioether (sulfide) groups is 1. The minimum Gasteiger partial charge on any atom is -0.335 e. The number of benzene rings is 1. The fourth-order valence-corrected chi connectivity index (χ4v) is 5.42. The molecule has 11 heteroatoms. The van der Waals surface area contributed by atoms with E-state index in [2.05, 4.69) is 25.7 Å². The lowest BCUT2D eigenvalue weighted by Crippen LogP contribution is -2.13. The highest BCUT2D eigenvalue weighted by atomic mass is 32.2. The van der Waals surface area contributed by atoms with Gasteiger partial charge in [-0.2, -0.15) is 0 Å². The van der Waals surface area contributed by atoms with Gasteiger partial charge in [0.25, 0.3) is 11.6 Å². The molecular weight excluding hydrogens is 469 g/mol. The van der Waals surface area contributed by atoms with Gasteiger partial charge in [-0.25, -0.2) is 9.37 Å². The summed E-state index contributed by atoms with van der Waals surface area (Å²) < 4.78 is 19.1. The van der Waals surface area contributed by atoms with E-state index in [1.165, 1.54) is 46.6 Å². The Kier molecular flexibility index (Phi) is 5.68. The fourth-order valence-electron chi connectivity index (χ4n) is 3.03. The maximum atomic E-state index is 13.1. The van der Waals surface area contributed by atoms with Gasteiger partial charge in [0.1, 0.15) is 5.82 Å². The predicted molar refractivity (Wildman–Crippen MR) is 124 cm³/mol. The highest BCUT2D eigenvalue weighted by molar-refractivity contribution is 8.00. The van der Waals surface area contributed by atoms with Crippen molar-refractivity contribution in [2.24, 2.45) is 0 Å². The van der Waals surface area contributed by atoms with Gasteiger partial charge in [0.15, 0.2) is 4.34 Å². The quantitative estimate of drug-likeness (QED) is 0.241. The second kappa shape index (κ2) is 8.77. The third-order valence-corrected chi connectivity index (χ3v) is 7.47. The summed E-state index contributed by atoms with van der Waals surface area (Å²) >= 11 is 4.27. The first-order valence-electron chi connectivity index (χ1n) is 9.40. The van der Waals surface area contributed by atoms with Gasteiger partial charge in [-0.1, -0.05) is 46.5 Å². The molecule has 7 nitrogen and oxygen atoms in total. The summed E-state index contributed by atoms with van der Waals surface area (Å²) in [6.45, 7) is 1.77. The van der Waals surface area contributed by atoms with Gasteiger partial charge in [-0.3, -0.25) is 10.1 Å². The molecule has 0 atom stereocenters. The van der Waals surface area contributed by atoms with Crippen LogP contribution >= 0.6 is 34.4 Å². The molecule has 0 fully saturated rings. The molecule has 0 spiro atoms. The minimum absolute atomic E-state index is 0.268. The van der Waals surface area contributed by atoms with Gasteiger partial charge >= 0.3 is 0 Å². The smallest absolute Gasteiger partial charge is 0.259 e. The number of amides is 1. The molecular formula is C21H14FN5O2S3. The van der Waals surface area contributed by atoms with Crippen molar-refractivity contribution in [3.05, 3.63) is 70.5 Å². The summed E-state index contributed by atoms with van der Waals surface area (Å²) in [5.41, 5.74) is 2.92. The van der Waals surface area contributed by atoms with E-state index in [1.807, 2.05) is 17.5 Å². The van der Waals surface area contributed by atoms with Gasteiger partial charge in [0.05, 0.1) is 27.2 Å². The lowest BCUT2D eigenvalue weighted by molar-refractivity contribution is 0.102. The average molecular weight is 484 g/mol. The molecule has 0 bridgehead atoms. The molecule has 5 rings (SSSR count). The normalized spacial score (nSPS) is 11.2. The number of pyridine rings is 1. The monoisotopic (exact) mass is 483 g/mol. The fraction of sp³-hybridized carbons (Fsp3) is 0.0952. The Morgan fingerprint density at radius 1 is 1.22 bits per heavy atom. The van der Waals surface area contributed by atoms with Gasteiger partial charge in [0.2, 0.25) is 5.13 Å². The lowest BCUT2D eigenvalue weighted by Gasteiger charge is -2.05. The summed E-state index contributed by atoms with van der Waals surface area (Å²) in [6.07, 6.45) is 0. The number of fused-ring (bicyclic) bond motifs is 1. The number of halogens is 1. The number of nitrogens with one attached hydrogen (secondary N) is 1. The van der Waals surface area contributed by atoms with E-state index in [0.29, 0.717) is 43.3 Å². The van der Waals surface area contributed by atoms with E-state index in [9.17, 15) is 9.18 Å². The van der Waals surface area contributed by atoms with Crippen molar-refractivity contribution in [1.29, 1.82) is 0 Å². The van der Waals surface area contributed by atoms with Crippen LogP contribution in [0.25, 0.3) is 21.7 Å². The zero-order valence-electron chi connectivity index (χ0n) is 16.5. The zero-order chi connectivity index (χ0) is 22.1. The second-order valence-corrected chi connectivity index (χ2v) is 9.87. The van der Waals surface area contributed by atoms with Crippen molar-refractivity contribution in [3.63, 3.8) is 0 Å². The molecule has 0 aliphatic carbocycles. The van der Waals surface area contributed by atoms with Gasteiger partial charge in [-0.05, 0) is 42.1 Å². The first kappa shape index (κ1) is 20.7. The number of aromatic nitrogens is 4. The molecule has 32 heavy (non-hydrogen) atoms. The molecule has 1 N–H and O–H groups in total. The van der Waals surface area contributed by atoms with Crippen molar-refractivity contribution >= 4 is 56.6 Å². The number of aryl methyl sites for hydroxylation is 1. The number of rotatable bonds is 6. The summed E-state index contributed by atoms with van der Waals surface area (Å²) in [6, 6.07) is 11.9. The minimum atomic E-state index is -0.340. The Balaban J connectivity index is 1.36. The third-order valence-electron chi connectivity index (χ3n) is 4.54. The molecule has 4 heterocycles. The van der Waals surface area contributed by atoms with Crippen LogP contribution in [-0.4, -0.2) is 26.2 Å². The predicted octanol–water partition coefficient (Wildman–Crippen LogP) is 5.79. The molecule has 4 aromatic heterocycles. The molecule has 5 aromatic rings. The first-order valence-corrected chi connectivity index (χ1v) is 12.1. The Morgan fingerprint density at radius 2 is 2.06 bits per heavy atom. The van der Waals surface area contributed by atoms with Crippen LogP contribution in [0.3, 0.4) is 0 Å². The number of thiophene rings is 1. The number of carbonyl (C=O) groups is 1. The zero-order valence-corrected chi connectivity index (χ0v) is 19.0. The maximum Gasteiger partial charge on any atom is 0.259 e. The van der Waals surface area contributed by atoms with Crippen LogP contribution in [0.2, 0.25) is 0 Å². The Morgan fingerprint density at radius 3 is 2.84 bits per heavy atom. The van der Waals surface area contributed by atoms with Crippen LogP contribution in [0.5, 0.6) is 0 Å². The van der Waals surface area contributed by atoms with E-state index < -0.39 is 0 Å². The van der Waals surface area contributed by atoms with E-state index in [1.54, 1.807) is 25.1 Å². The van der Waals surface area contributed by atoms with Crippen LogP contribution in [0.15, 0.2) is 56.7 Å². The van der Waals surface area contributed by atoms with Crippen LogP contribution in [-0.2, 0) is 5.75 Å². The lowest BCUT2D eigenvalue weighted by atomic mass is 10.1. The summed E-state index contributed by atoms with van der Waals surface area (Å²) in [7, 11) is 0. The van der Waals surface area contributed by atoms with Crippen molar-refractivity contribution in [2.75, 3.05) is 5.32 Å². The molecule has 0 radical (unpaired) electrons. The number of hydrogen-bond donors (Lipinski definition) is 1. The Hall–Kier alpha value is -3.15. The Bertz CT molecular complexity index is 1400. The molecule has 0 unspecified atom stereocenters. The summed E-state index contributed by atoms with van der Waals surface area (Å²) in [5, 5.41) is 17.9. The largest absolute Gasteiger partial charge is 0.335 e. The molecule has 0 aliphatic rings. The van der Waals surface area contributed by atoms with Crippen LogP contribution in [0.4, 0.5) is 9.52 Å². The third kappa shape index (κ3) is 4.27. The molecule has 160 valence electrons. The topological polar surface area (TPSA) is 93.8 Å². The molecule has 0 saturated carbocycles. The highest BCUT2D eigenvalue weighted by Gasteiger charge is 2.21. The average Bonchev–Trinajstić information content (AvgIpc) is 3.55. The van der Waals surface area contributed by atoms with E-state index in [4.69, 9.17) is 4.52 Å². The van der Waals surface area contributed by atoms with Gasteiger partial charge < -0.3 is 4.52 Å². The van der Waals surface area contributed by atoms with Crippen LogP contribution in [0.1, 0.15) is 21.6 Å². The number of hydrogen-bond acceptors (Lipinski definition) is 9. The molecule has 1 amide bonds. The Labute approximate surface area is 193 Å². The van der Waals surface area contributed by atoms with E-state index in [0.717, 1.165) is 10.4 Å². The summed E-state index contributed by atoms with van der Waals surface area (Å²) in [5.74, 6) is 0.0145. The summed E-state index contributed by atoms with van der Waals surface area (Å²) in [4.78, 5) is 18.5. The first-order chi connectivity index (χ1) is 15.6. The highest BCUT2D eigenvalue weighted by Crippen LogP contribution is 2.31. The van der Waals surface area contributed by atoms with Gasteiger partial charge in [0, 0.05) is 5.75 Å². The van der Waals surface area contributed by atoms with Crippen LogP contribution in [0, 0.1) is 12.7 Å². The van der Waals surface area contributed by atoms with Crippen molar-refractivity contribution in [1.82, 2.24) is 20.3 Å². The standard InChI is InChI=1S/C21H14FN5O2S3/c1-11-17-14(9-15(16-3-2-8-30-16)23-19(17)29-27-11)18(28)24-20-25-26-21(32-20)31-10-12-4-6-13(22)7-5-12/h2-9H,10H2,1H3,(H,24,25,28). The van der Waals surface area contributed by atoms with Crippen molar-refractivity contribution in [3.8, 4) is 10.6 Å². The number of carbonyl (C=O) groups excluding carboxylic acids is 1. The van der Waals surface area contributed by atoms with E-state index >= 15 is 0 Å². The van der Waals surface area contributed by atoms with Crippen molar-refractivity contribution in [2.45, 2.75) is 17.0 Å². The molecule has 1 aromatic carbocycles.